The molecule has 1 atom stereocenters. The summed E-state index contributed by atoms with van der Waals surface area (Å²) in [6.07, 6.45) is 0. The molecule has 0 aliphatic heterocycles. The molecule has 0 amide bonds. The Labute approximate surface area is 135 Å². The second-order valence-corrected chi connectivity index (χ2v) is 5.17. The summed E-state index contributed by atoms with van der Waals surface area (Å²) >= 11 is 5.99. The number of halogens is 1. The summed E-state index contributed by atoms with van der Waals surface area (Å²) in [6.45, 7) is 1.06. The number of nitrogens with one attached hydrogen (secondary N) is 2. The van der Waals surface area contributed by atoms with Crippen molar-refractivity contribution in [2.45, 2.75) is 0 Å². The first-order chi connectivity index (χ1) is 10.6. The molecule has 0 bridgehead atoms. The van der Waals surface area contributed by atoms with Gasteiger partial charge in [-0.2, -0.15) is 5.06 Å². The Hall–Kier alpha value is -1.95. The van der Waals surface area contributed by atoms with E-state index in [0.29, 0.717) is 18.2 Å². The third kappa shape index (κ3) is 4.53. The predicted molar refractivity (Wildman–Crippen MR) is 86.8 cm³/mol. The Kier molecular flexibility index (Phi) is 5.89. The van der Waals surface area contributed by atoms with Crippen molar-refractivity contribution in [3.63, 3.8) is 0 Å². The normalized spacial score (nSPS) is 11.8. The number of rotatable bonds is 7. The van der Waals surface area contributed by atoms with Gasteiger partial charge in [-0.25, -0.2) is 5.21 Å². The number of quaternary nitrogens is 1. The van der Waals surface area contributed by atoms with Gasteiger partial charge in [-0.15, -0.1) is 0 Å². The van der Waals surface area contributed by atoms with Gasteiger partial charge in [0.05, 0.1) is 7.11 Å². The number of methoxy groups -OCH3 is 1. The van der Waals surface area contributed by atoms with Gasteiger partial charge in [-0.05, 0) is 24.3 Å². The Morgan fingerprint density at radius 1 is 1.18 bits per heavy atom. The van der Waals surface area contributed by atoms with E-state index >= 15 is 0 Å². The lowest BCUT2D eigenvalue weighted by Crippen LogP contribution is -3.01. The molecule has 118 valence electrons. The van der Waals surface area contributed by atoms with E-state index in [1.165, 1.54) is 0 Å². The molecule has 0 saturated carbocycles. The largest absolute Gasteiger partial charge is 0.497 e. The first-order valence-electron chi connectivity index (χ1n) is 6.93. The van der Waals surface area contributed by atoms with Crippen LogP contribution in [0.5, 0.6) is 11.5 Å². The summed E-state index contributed by atoms with van der Waals surface area (Å²) in [7, 11) is 3.26. The number of hydrogen-bond donors (Lipinski definition) is 3. The van der Waals surface area contributed by atoms with Crippen LogP contribution in [0.4, 0.5) is 11.4 Å². The topological polar surface area (TPSA) is 55.2 Å². The summed E-state index contributed by atoms with van der Waals surface area (Å²) in [5.41, 5.74) is 1.51. The maximum absolute atomic E-state index is 9.68. The van der Waals surface area contributed by atoms with Crippen molar-refractivity contribution in [1.82, 2.24) is 0 Å². The molecule has 1 unspecified atom stereocenters. The van der Waals surface area contributed by atoms with Gasteiger partial charge in [0.25, 0.3) is 0 Å². The summed E-state index contributed by atoms with van der Waals surface area (Å²) in [5, 5.41) is 13.7. The van der Waals surface area contributed by atoms with E-state index in [1.807, 2.05) is 24.3 Å². The van der Waals surface area contributed by atoms with Crippen LogP contribution in [-0.2, 0) is 0 Å². The Bertz CT molecular complexity index is 620. The fourth-order valence-electron chi connectivity index (χ4n) is 2.02. The van der Waals surface area contributed by atoms with Gasteiger partial charge >= 0.3 is 0 Å². The zero-order chi connectivity index (χ0) is 15.9. The van der Waals surface area contributed by atoms with Crippen molar-refractivity contribution < 1.29 is 19.7 Å². The molecule has 2 aromatic rings. The molecule has 0 radical (unpaired) electrons. The van der Waals surface area contributed by atoms with Crippen molar-refractivity contribution in [1.29, 1.82) is 0 Å². The second kappa shape index (κ2) is 7.89. The number of hydrogen-bond acceptors (Lipinski definition) is 4. The maximum atomic E-state index is 9.68. The smallest absolute Gasteiger partial charge is 0.186 e. The van der Waals surface area contributed by atoms with E-state index in [-0.39, 0.29) is 5.06 Å². The molecule has 5 nitrogen and oxygen atoms in total. The lowest BCUT2D eigenvalue weighted by Gasteiger charge is -2.13. The SMILES string of the molecule is COc1cccc(OCCNc2cc(Cl)ccc2[NH+](C)O)c1. The highest BCUT2D eigenvalue weighted by Gasteiger charge is 2.11. The first kappa shape index (κ1) is 16.4. The van der Waals surface area contributed by atoms with Crippen LogP contribution in [0.1, 0.15) is 0 Å². The van der Waals surface area contributed by atoms with Gasteiger partial charge in [0.1, 0.15) is 30.8 Å². The molecule has 2 aromatic carbocycles. The number of hydroxylamine groups is 1. The highest BCUT2D eigenvalue weighted by atomic mass is 35.5. The molecule has 22 heavy (non-hydrogen) atoms. The van der Waals surface area contributed by atoms with Crippen LogP contribution < -0.4 is 19.9 Å². The number of benzene rings is 2. The van der Waals surface area contributed by atoms with E-state index in [2.05, 4.69) is 5.32 Å². The fourth-order valence-corrected chi connectivity index (χ4v) is 2.20. The van der Waals surface area contributed by atoms with Crippen LogP contribution in [-0.4, -0.2) is 32.5 Å². The van der Waals surface area contributed by atoms with Crippen LogP contribution in [0.15, 0.2) is 42.5 Å². The maximum Gasteiger partial charge on any atom is 0.186 e. The summed E-state index contributed by atoms with van der Waals surface area (Å²) < 4.78 is 10.8. The third-order valence-electron chi connectivity index (χ3n) is 3.10. The molecule has 0 aliphatic carbocycles. The Morgan fingerprint density at radius 3 is 2.68 bits per heavy atom. The molecule has 0 fully saturated rings. The van der Waals surface area contributed by atoms with Gasteiger partial charge in [-0.3, -0.25) is 0 Å². The first-order valence-corrected chi connectivity index (χ1v) is 7.31. The van der Waals surface area contributed by atoms with E-state index < -0.39 is 0 Å². The zero-order valence-corrected chi connectivity index (χ0v) is 13.4. The van der Waals surface area contributed by atoms with E-state index in [9.17, 15) is 5.21 Å². The van der Waals surface area contributed by atoms with Crippen LogP contribution in [0.2, 0.25) is 5.02 Å². The van der Waals surface area contributed by atoms with Crippen molar-refractivity contribution in [3.8, 4) is 11.5 Å². The average molecular weight is 324 g/mol. The molecule has 0 saturated heterocycles. The Morgan fingerprint density at radius 2 is 1.95 bits per heavy atom. The Balaban J connectivity index is 1.90. The molecule has 0 aromatic heterocycles. The molecule has 0 aliphatic rings. The highest BCUT2D eigenvalue weighted by molar-refractivity contribution is 6.31. The second-order valence-electron chi connectivity index (χ2n) is 4.73. The van der Waals surface area contributed by atoms with Crippen molar-refractivity contribution in [2.24, 2.45) is 0 Å². The molecule has 2 rings (SSSR count). The van der Waals surface area contributed by atoms with Crippen molar-refractivity contribution >= 4 is 23.0 Å². The van der Waals surface area contributed by atoms with Gasteiger partial charge in [-0.1, -0.05) is 17.7 Å². The third-order valence-corrected chi connectivity index (χ3v) is 3.33. The van der Waals surface area contributed by atoms with Gasteiger partial charge in [0.2, 0.25) is 0 Å². The van der Waals surface area contributed by atoms with Crippen LogP contribution in [0.25, 0.3) is 0 Å². The minimum Gasteiger partial charge on any atom is -0.497 e. The van der Waals surface area contributed by atoms with Gasteiger partial charge in [0.15, 0.2) is 5.69 Å². The lowest BCUT2D eigenvalue weighted by molar-refractivity contribution is -1.02. The van der Waals surface area contributed by atoms with Gasteiger partial charge in [0, 0.05) is 23.7 Å². The van der Waals surface area contributed by atoms with Crippen LogP contribution in [0, 0.1) is 0 Å². The number of ether oxygens (including phenoxy) is 2. The standard InChI is InChI=1S/C16H19ClN2O3/c1-19(20)16-7-6-12(17)10-15(16)18-8-9-22-14-5-3-4-13(11-14)21-2/h3-7,10-11,18,20H,8-9H2,1-2H3/p+1. The van der Waals surface area contributed by atoms with Crippen molar-refractivity contribution in [2.75, 3.05) is 32.6 Å². The minimum absolute atomic E-state index is 0.243. The molecular weight excluding hydrogens is 304 g/mol. The monoisotopic (exact) mass is 323 g/mol. The number of anilines is 1. The fraction of sp³-hybridized carbons (Fsp3) is 0.250. The van der Waals surface area contributed by atoms with Gasteiger partial charge < -0.3 is 14.8 Å². The molecule has 0 spiro atoms. The molecule has 0 heterocycles. The summed E-state index contributed by atoms with van der Waals surface area (Å²) in [5.74, 6) is 1.51. The molecule has 3 N–H and O–H groups in total. The summed E-state index contributed by atoms with van der Waals surface area (Å²) in [4.78, 5) is 0. The molecular formula is C16H20ClN2O3+. The highest BCUT2D eigenvalue weighted by Crippen LogP contribution is 2.22. The average Bonchev–Trinajstić information content (AvgIpc) is 2.51. The van der Waals surface area contributed by atoms with E-state index in [1.54, 1.807) is 32.4 Å². The summed E-state index contributed by atoms with van der Waals surface area (Å²) in [6, 6.07) is 12.7. The quantitative estimate of drug-likeness (QED) is 0.541. The zero-order valence-electron chi connectivity index (χ0n) is 12.6. The lowest BCUT2D eigenvalue weighted by atomic mass is 10.2. The van der Waals surface area contributed by atoms with Crippen molar-refractivity contribution in [3.05, 3.63) is 47.5 Å². The predicted octanol–water partition coefficient (Wildman–Crippen LogP) is 2.37. The van der Waals surface area contributed by atoms with Crippen LogP contribution >= 0.6 is 11.6 Å². The minimum atomic E-state index is 0.243. The molecule has 6 heteroatoms. The van der Waals surface area contributed by atoms with Crippen LogP contribution in [0.3, 0.4) is 0 Å². The van der Waals surface area contributed by atoms with E-state index in [4.69, 9.17) is 21.1 Å². The van der Waals surface area contributed by atoms with E-state index in [0.717, 1.165) is 22.9 Å².